The Morgan fingerprint density at radius 2 is 2.05 bits per heavy atom. The standard InChI is InChI=1S/C15H29N3O/c1-13(2)6-8-19-9-7-16-10-14-11-17-18(12-14)15(3,4)5/h11-13,16H,6-10H2,1-5H3. The van der Waals surface area contributed by atoms with Crippen molar-refractivity contribution in [3.8, 4) is 0 Å². The second-order valence-corrected chi connectivity index (χ2v) is 6.44. The molecule has 0 atom stereocenters. The molecule has 4 nitrogen and oxygen atoms in total. The number of rotatable bonds is 8. The third-order valence-electron chi connectivity index (χ3n) is 2.92. The first-order valence-electron chi connectivity index (χ1n) is 7.22. The number of nitrogens with zero attached hydrogens (tertiary/aromatic N) is 2. The average Bonchev–Trinajstić information content (AvgIpc) is 2.75. The van der Waals surface area contributed by atoms with Gasteiger partial charge in [-0.3, -0.25) is 4.68 Å². The van der Waals surface area contributed by atoms with Gasteiger partial charge in [0.15, 0.2) is 0 Å². The van der Waals surface area contributed by atoms with Gasteiger partial charge in [0.25, 0.3) is 0 Å². The van der Waals surface area contributed by atoms with Gasteiger partial charge in [-0.2, -0.15) is 5.10 Å². The summed E-state index contributed by atoms with van der Waals surface area (Å²) in [7, 11) is 0. The summed E-state index contributed by atoms with van der Waals surface area (Å²) in [5.74, 6) is 0.719. The summed E-state index contributed by atoms with van der Waals surface area (Å²) in [6.45, 7) is 14.3. The minimum atomic E-state index is 0.0538. The lowest BCUT2D eigenvalue weighted by atomic mass is 10.1. The van der Waals surface area contributed by atoms with Gasteiger partial charge in [0.1, 0.15) is 0 Å². The summed E-state index contributed by atoms with van der Waals surface area (Å²) in [5.41, 5.74) is 1.27. The van der Waals surface area contributed by atoms with Gasteiger partial charge >= 0.3 is 0 Å². The number of aromatic nitrogens is 2. The quantitative estimate of drug-likeness (QED) is 0.736. The van der Waals surface area contributed by atoms with E-state index in [0.29, 0.717) is 0 Å². The lowest BCUT2D eigenvalue weighted by Gasteiger charge is -2.18. The van der Waals surface area contributed by atoms with Gasteiger partial charge in [-0.15, -0.1) is 0 Å². The van der Waals surface area contributed by atoms with Gasteiger partial charge in [-0.05, 0) is 33.1 Å². The Morgan fingerprint density at radius 1 is 1.32 bits per heavy atom. The predicted octanol–water partition coefficient (Wildman–Crippen LogP) is 2.79. The molecule has 110 valence electrons. The molecule has 1 heterocycles. The smallest absolute Gasteiger partial charge is 0.0591 e. The molecule has 0 bridgehead atoms. The molecule has 19 heavy (non-hydrogen) atoms. The van der Waals surface area contributed by atoms with E-state index in [1.54, 1.807) is 0 Å². The number of hydrogen-bond acceptors (Lipinski definition) is 3. The first-order chi connectivity index (χ1) is 8.89. The molecular weight excluding hydrogens is 238 g/mol. The third kappa shape index (κ3) is 6.73. The second kappa shape index (κ2) is 7.65. The molecule has 1 rings (SSSR count). The van der Waals surface area contributed by atoms with Crippen LogP contribution in [0.4, 0.5) is 0 Å². The van der Waals surface area contributed by atoms with Crippen molar-refractivity contribution in [2.24, 2.45) is 5.92 Å². The van der Waals surface area contributed by atoms with E-state index < -0.39 is 0 Å². The molecule has 0 spiro atoms. The molecule has 0 aliphatic rings. The predicted molar refractivity (Wildman–Crippen MR) is 79.2 cm³/mol. The normalized spacial score (nSPS) is 12.3. The van der Waals surface area contributed by atoms with E-state index >= 15 is 0 Å². The van der Waals surface area contributed by atoms with Crippen LogP contribution in [0.2, 0.25) is 0 Å². The fraction of sp³-hybridized carbons (Fsp3) is 0.800. The van der Waals surface area contributed by atoms with Crippen LogP contribution < -0.4 is 5.32 Å². The lowest BCUT2D eigenvalue weighted by molar-refractivity contribution is 0.125. The Labute approximate surface area is 117 Å². The molecule has 1 aromatic heterocycles. The number of nitrogens with one attached hydrogen (secondary N) is 1. The summed E-state index contributed by atoms with van der Waals surface area (Å²) in [6.07, 6.45) is 5.17. The molecule has 0 aromatic carbocycles. The summed E-state index contributed by atoms with van der Waals surface area (Å²) >= 11 is 0. The highest BCUT2D eigenvalue weighted by molar-refractivity contribution is 5.04. The summed E-state index contributed by atoms with van der Waals surface area (Å²) in [6, 6.07) is 0. The monoisotopic (exact) mass is 267 g/mol. The van der Waals surface area contributed by atoms with Gasteiger partial charge in [-0.25, -0.2) is 0 Å². The zero-order valence-electron chi connectivity index (χ0n) is 13.1. The van der Waals surface area contributed by atoms with Crippen molar-refractivity contribution in [3.05, 3.63) is 18.0 Å². The highest BCUT2D eigenvalue weighted by Gasteiger charge is 2.13. The Hall–Kier alpha value is -0.870. The summed E-state index contributed by atoms with van der Waals surface area (Å²) in [4.78, 5) is 0. The molecule has 0 fully saturated rings. The first-order valence-corrected chi connectivity index (χ1v) is 7.22. The minimum absolute atomic E-state index is 0.0538. The molecular formula is C15H29N3O. The third-order valence-corrected chi connectivity index (χ3v) is 2.92. The van der Waals surface area contributed by atoms with E-state index in [9.17, 15) is 0 Å². The van der Waals surface area contributed by atoms with Gasteiger partial charge < -0.3 is 10.1 Å². The Balaban J connectivity index is 2.11. The van der Waals surface area contributed by atoms with Crippen LogP contribution >= 0.6 is 0 Å². The molecule has 0 radical (unpaired) electrons. The van der Waals surface area contributed by atoms with E-state index in [4.69, 9.17) is 4.74 Å². The average molecular weight is 267 g/mol. The van der Waals surface area contributed by atoms with E-state index in [2.05, 4.69) is 51.2 Å². The van der Waals surface area contributed by atoms with Crippen molar-refractivity contribution < 1.29 is 4.74 Å². The second-order valence-electron chi connectivity index (χ2n) is 6.44. The molecule has 0 unspecified atom stereocenters. The zero-order valence-corrected chi connectivity index (χ0v) is 13.1. The Kier molecular flexibility index (Phi) is 6.52. The Morgan fingerprint density at radius 3 is 2.63 bits per heavy atom. The van der Waals surface area contributed by atoms with Crippen molar-refractivity contribution in [2.45, 2.75) is 53.1 Å². The van der Waals surface area contributed by atoms with Gasteiger partial charge in [-0.1, -0.05) is 13.8 Å². The molecule has 0 saturated carbocycles. The van der Waals surface area contributed by atoms with Gasteiger partial charge in [0, 0.05) is 31.5 Å². The van der Waals surface area contributed by atoms with Crippen molar-refractivity contribution >= 4 is 0 Å². The molecule has 0 aliphatic heterocycles. The molecule has 1 N–H and O–H groups in total. The fourth-order valence-electron chi connectivity index (χ4n) is 1.62. The molecule has 1 aromatic rings. The molecule has 4 heteroatoms. The van der Waals surface area contributed by atoms with E-state index in [1.807, 2.05) is 10.9 Å². The largest absolute Gasteiger partial charge is 0.380 e. The minimum Gasteiger partial charge on any atom is -0.380 e. The van der Waals surface area contributed by atoms with Crippen LogP contribution in [-0.2, 0) is 16.8 Å². The summed E-state index contributed by atoms with van der Waals surface area (Å²) < 4.78 is 7.56. The van der Waals surface area contributed by atoms with Crippen molar-refractivity contribution in [3.63, 3.8) is 0 Å². The molecule has 0 aliphatic carbocycles. The fourth-order valence-corrected chi connectivity index (χ4v) is 1.62. The maximum atomic E-state index is 5.56. The van der Waals surface area contributed by atoms with Crippen LogP contribution in [0, 0.1) is 5.92 Å². The van der Waals surface area contributed by atoms with E-state index in [-0.39, 0.29) is 5.54 Å². The van der Waals surface area contributed by atoms with E-state index in [0.717, 1.165) is 38.6 Å². The molecule has 0 saturated heterocycles. The highest BCUT2D eigenvalue weighted by Crippen LogP contribution is 2.12. The van der Waals surface area contributed by atoms with Crippen LogP contribution in [0.3, 0.4) is 0 Å². The first kappa shape index (κ1) is 16.2. The van der Waals surface area contributed by atoms with Crippen molar-refractivity contribution in [2.75, 3.05) is 19.8 Å². The summed E-state index contributed by atoms with van der Waals surface area (Å²) in [5, 5.41) is 7.76. The zero-order chi connectivity index (χ0) is 14.3. The van der Waals surface area contributed by atoms with Crippen molar-refractivity contribution in [1.82, 2.24) is 15.1 Å². The van der Waals surface area contributed by atoms with Crippen molar-refractivity contribution in [1.29, 1.82) is 0 Å². The van der Waals surface area contributed by atoms with Gasteiger partial charge in [0.2, 0.25) is 0 Å². The van der Waals surface area contributed by atoms with Crippen LogP contribution in [-0.4, -0.2) is 29.5 Å². The number of ether oxygens (including phenoxy) is 1. The van der Waals surface area contributed by atoms with Crippen LogP contribution in [0.5, 0.6) is 0 Å². The van der Waals surface area contributed by atoms with Crippen LogP contribution in [0.15, 0.2) is 12.4 Å². The number of hydrogen-bond donors (Lipinski definition) is 1. The van der Waals surface area contributed by atoms with E-state index in [1.165, 1.54) is 5.56 Å². The molecule has 0 amide bonds. The topological polar surface area (TPSA) is 39.1 Å². The SMILES string of the molecule is CC(C)CCOCCNCc1cnn(C(C)(C)C)c1. The lowest BCUT2D eigenvalue weighted by Crippen LogP contribution is -2.22. The van der Waals surface area contributed by atoms with Gasteiger partial charge in [0.05, 0.1) is 18.3 Å². The highest BCUT2D eigenvalue weighted by atomic mass is 16.5. The van der Waals surface area contributed by atoms with Crippen LogP contribution in [0.25, 0.3) is 0 Å². The van der Waals surface area contributed by atoms with Crippen LogP contribution in [0.1, 0.15) is 46.6 Å². The maximum Gasteiger partial charge on any atom is 0.0591 e. The Bertz CT molecular complexity index is 353. The maximum absolute atomic E-state index is 5.56.